The van der Waals surface area contributed by atoms with Gasteiger partial charge < -0.3 is 10.1 Å². The predicted octanol–water partition coefficient (Wildman–Crippen LogP) is 3.15. The molecule has 0 radical (unpaired) electrons. The number of carbonyl (C=O) groups excluding carboxylic acids is 2. The maximum Gasteiger partial charge on any atom is 0.321 e. The van der Waals surface area contributed by atoms with E-state index in [0.29, 0.717) is 5.75 Å². The van der Waals surface area contributed by atoms with Crippen LogP contribution in [0.4, 0.5) is 4.79 Å². The molecule has 0 bridgehead atoms. The van der Waals surface area contributed by atoms with Crippen molar-refractivity contribution in [2.24, 2.45) is 0 Å². The molecule has 126 valence electrons. The Bertz CT molecular complexity index is 578. The van der Waals surface area contributed by atoms with Gasteiger partial charge in [-0.05, 0) is 56.4 Å². The molecule has 5 nitrogen and oxygen atoms in total. The van der Waals surface area contributed by atoms with E-state index < -0.39 is 11.9 Å². The molecule has 1 saturated carbocycles. The quantitative estimate of drug-likeness (QED) is 0.896. The number of amides is 3. The van der Waals surface area contributed by atoms with Crippen molar-refractivity contribution in [3.05, 3.63) is 28.8 Å². The number of rotatable bonds is 4. The lowest BCUT2D eigenvalue weighted by Gasteiger charge is -2.22. The van der Waals surface area contributed by atoms with Gasteiger partial charge in [0.1, 0.15) is 5.75 Å². The van der Waals surface area contributed by atoms with Crippen molar-refractivity contribution in [1.82, 2.24) is 10.6 Å². The summed E-state index contributed by atoms with van der Waals surface area (Å²) in [4.78, 5) is 23.7. The van der Waals surface area contributed by atoms with E-state index in [-0.39, 0.29) is 12.6 Å². The summed E-state index contributed by atoms with van der Waals surface area (Å²) in [6, 6.07) is 3.72. The molecule has 0 unspecified atom stereocenters. The van der Waals surface area contributed by atoms with Gasteiger partial charge in [0.25, 0.3) is 5.91 Å². The lowest BCUT2D eigenvalue weighted by atomic mass is 9.96. The van der Waals surface area contributed by atoms with Crippen LogP contribution in [0, 0.1) is 20.8 Å². The van der Waals surface area contributed by atoms with Gasteiger partial charge in [-0.3, -0.25) is 10.1 Å². The molecule has 1 aromatic rings. The normalized spacial score (nSPS) is 15.1. The number of benzene rings is 1. The third-order valence-electron chi connectivity index (χ3n) is 4.32. The lowest BCUT2D eigenvalue weighted by molar-refractivity contribution is -0.122. The van der Waals surface area contributed by atoms with Crippen molar-refractivity contribution >= 4 is 11.9 Å². The van der Waals surface area contributed by atoms with E-state index in [1.165, 1.54) is 6.42 Å². The monoisotopic (exact) mass is 318 g/mol. The lowest BCUT2D eigenvalue weighted by Crippen LogP contribution is -2.46. The Morgan fingerprint density at radius 3 is 2.52 bits per heavy atom. The average molecular weight is 318 g/mol. The van der Waals surface area contributed by atoms with E-state index in [1.807, 2.05) is 26.8 Å². The van der Waals surface area contributed by atoms with Gasteiger partial charge in [-0.1, -0.05) is 25.3 Å². The van der Waals surface area contributed by atoms with E-state index in [4.69, 9.17) is 4.74 Å². The Morgan fingerprint density at radius 1 is 1.13 bits per heavy atom. The van der Waals surface area contributed by atoms with Crippen LogP contribution in [0.5, 0.6) is 5.75 Å². The minimum absolute atomic E-state index is 0.165. The molecule has 0 spiro atoms. The number of urea groups is 1. The second kappa shape index (κ2) is 7.99. The highest BCUT2D eigenvalue weighted by atomic mass is 16.5. The van der Waals surface area contributed by atoms with E-state index >= 15 is 0 Å². The summed E-state index contributed by atoms with van der Waals surface area (Å²) < 4.78 is 5.56. The van der Waals surface area contributed by atoms with Gasteiger partial charge in [-0.15, -0.1) is 0 Å². The second-order valence-electron chi connectivity index (χ2n) is 6.35. The Labute approximate surface area is 137 Å². The van der Waals surface area contributed by atoms with Crippen molar-refractivity contribution in [2.45, 2.75) is 58.9 Å². The zero-order chi connectivity index (χ0) is 16.8. The molecule has 0 aromatic heterocycles. The standard InChI is InChI=1S/C18H26N2O3/c1-12-9-13(2)14(3)16(10-12)23-11-17(21)20-18(22)19-15-7-5-4-6-8-15/h9-10,15H,4-8,11H2,1-3H3,(H2,19,20,21,22). The molecule has 2 rings (SSSR count). The first-order valence-electron chi connectivity index (χ1n) is 8.26. The molecule has 23 heavy (non-hydrogen) atoms. The maximum absolute atomic E-state index is 11.9. The molecule has 5 heteroatoms. The first kappa shape index (κ1) is 17.3. The Morgan fingerprint density at radius 2 is 1.83 bits per heavy atom. The first-order chi connectivity index (χ1) is 11.0. The van der Waals surface area contributed by atoms with Gasteiger partial charge in [0.15, 0.2) is 6.61 Å². The molecule has 0 saturated heterocycles. The number of hydrogen-bond acceptors (Lipinski definition) is 3. The largest absolute Gasteiger partial charge is 0.483 e. The fourth-order valence-corrected chi connectivity index (χ4v) is 2.93. The van der Waals surface area contributed by atoms with Crippen molar-refractivity contribution < 1.29 is 14.3 Å². The maximum atomic E-state index is 11.9. The van der Waals surface area contributed by atoms with Gasteiger partial charge in [0, 0.05) is 6.04 Å². The number of carbonyl (C=O) groups is 2. The first-order valence-corrected chi connectivity index (χ1v) is 8.26. The second-order valence-corrected chi connectivity index (χ2v) is 6.35. The van der Waals surface area contributed by atoms with Crippen LogP contribution in [0.25, 0.3) is 0 Å². The summed E-state index contributed by atoms with van der Waals surface area (Å²) in [5, 5.41) is 5.18. The third kappa shape index (κ3) is 5.27. The van der Waals surface area contributed by atoms with Crippen LogP contribution in [-0.2, 0) is 4.79 Å². The molecule has 1 fully saturated rings. The van der Waals surface area contributed by atoms with Crippen molar-refractivity contribution in [3.63, 3.8) is 0 Å². The molecule has 0 aliphatic heterocycles. The number of imide groups is 1. The Hall–Kier alpha value is -2.04. The molecule has 1 aliphatic carbocycles. The van der Waals surface area contributed by atoms with E-state index in [0.717, 1.165) is 42.4 Å². The molecule has 0 atom stereocenters. The molecular formula is C18H26N2O3. The minimum Gasteiger partial charge on any atom is -0.483 e. The topological polar surface area (TPSA) is 67.4 Å². The minimum atomic E-state index is -0.433. The molecular weight excluding hydrogens is 292 g/mol. The van der Waals surface area contributed by atoms with E-state index in [1.54, 1.807) is 0 Å². The van der Waals surface area contributed by atoms with Crippen LogP contribution < -0.4 is 15.4 Å². The van der Waals surface area contributed by atoms with Crippen LogP contribution in [-0.4, -0.2) is 24.6 Å². The van der Waals surface area contributed by atoms with Crippen molar-refractivity contribution in [2.75, 3.05) is 6.61 Å². The van der Waals surface area contributed by atoms with Gasteiger partial charge in [-0.25, -0.2) is 4.79 Å². The van der Waals surface area contributed by atoms with Gasteiger partial charge in [0.05, 0.1) is 0 Å². The number of hydrogen-bond donors (Lipinski definition) is 2. The molecule has 0 heterocycles. The third-order valence-corrected chi connectivity index (χ3v) is 4.32. The fourth-order valence-electron chi connectivity index (χ4n) is 2.93. The van der Waals surface area contributed by atoms with E-state index in [2.05, 4.69) is 16.7 Å². The molecule has 1 aliphatic rings. The van der Waals surface area contributed by atoms with E-state index in [9.17, 15) is 9.59 Å². The number of nitrogens with one attached hydrogen (secondary N) is 2. The van der Waals surface area contributed by atoms with Crippen molar-refractivity contribution in [3.8, 4) is 5.75 Å². The van der Waals surface area contributed by atoms with Crippen LogP contribution in [0.2, 0.25) is 0 Å². The molecule has 1 aromatic carbocycles. The number of aryl methyl sites for hydroxylation is 2. The van der Waals surface area contributed by atoms with Crippen LogP contribution in [0.15, 0.2) is 12.1 Å². The SMILES string of the molecule is Cc1cc(C)c(C)c(OCC(=O)NC(=O)NC2CCCCC2)c1. The van der Waals surface area contributed by atoms with Crippen LogP contribution in [0.1, 0.15) is 48.8 Å². The molecule has 2 N–H and O–H groups in total. The predicted molar refractivity (Wildman–Crippen MR) is 89.7 cm³/mol. The summed E-state index contributed by atoms with van der Waals surface area (Å²) in [5.41, 5.74) is 3.21. The highest BCUT2D eigenvalue weighted by Gasteiger charge is 2.17. The van der Waals surface area contributed by atoms with Crippen LogP contribution >= 0.6 is 0 Å². The van der Waals surface area contributed by atoms with Gasteiger partial charge in [0.2, 0.25) is 0 Å². The average Bonchev–Trinajstić information content (AvgIpc) is 2.50. The summed E-state index contributed by atoms with van der Waals surface area (Å²) in [6.45, 7) is 5.78. The zero-order valence-electron chi connectivity index (χ0n) is 14.2. The Kier molecular flexibility index (Phi) is 6.02. The highest BCUT2D eigenvalue weighted by molar-refractivity contribution is 5.95. The Balaban J connectivity index is 1.79. The summed E-state index contributed by atoms with van der Waals surface area (Å²) in [7, 11) is 0. The van der Waals surface area contributed by atoms with Crippen molar-refractivity contribution in [1.29, 1.82) is 0 Å². The van der Waals surface area contributed by atoms with Gasteiger partial charge >= 0.3 is 6.03 Å². The smallest absolute Gasteiger partial charge is 0.321 e. The summed E-state index contributed by atoms with van der Waals surface area (Å²) >= 11 is 0. The van der Waals surface area contributed by atoms with Crippen LogP contribution in [0.3, 0.4) is 0 Å². The number of ether oxygens (including phenoxy) is 1. The zero-order valence-corrected chi connectivity index (χ0v) is 14.2. The summed E-state index contributed by atoms with van der Waals surface area (Å²) in [6.07, 6.45) is 5.46. The van der Waals surface area contributed by atoms with Gasteiger partial charge in [-0.2, -0.15) is 0 Å². The highest BCUT2D eigenvalue weighted by Crippen LogP contribution is 2.23. The fraction of sp³-hybridized carbons (Fsp3) is 0.556. The summed E-state index contributed by atoms with van der Waals surface area (Å²) in [5.74, 6) is 0.252. The molecule has 3 amide bonds.